The summed E-state index contributed by atoms with van der Waals surface area (Å²) in [6.45, 7) is 2.40. The summed E-state index contributed by atoms with van der Waals surface area (Å²) in [6.07, 6.45) is 0.432. The Balaban J connectivity index is 1.58. The van der Waals surface area contributed by atoms with Crippen molar-refractivity contribution in [2.75, 3.05) is 11.5 Å². The van der Waals surface area contributed by atoms with Gasteiger partial charge < -0.3 is 5.32 Å². The number of carbonyl (C=O) groups is 1. The predicted molar refractivity (Wildman–Crippen MR) is 88.8 cm³/mol. The van der Waals surface area contributed by atoms with Gasteiger partial charge in [-0.05, 0) is 25.5 Å². The maximum Gasteiger partial charge on any atom is 0.224 e. The van der Waals surface area contributed by atoms with Crippen molar-refractivity contribution < 1.29 is 13.2 Å². The molecule has 0 aromatic carbocycles. The number of aryl methyl sites for hydroxylation is 1. The number of nitrogens with zero attached hydrogens (tertiary/aromatic N) is 1. The van der Waals surface area contributed by atoms with Crippen LogP contribution in [0.25, 0.3) is 10.6 Å². The summed E-state index contributed by atoms with van der Waals surface area (Å²) in [6, 6.07) is 3.97. The van der Waals surface area contributed by atoms with Crippen LogP contribution in [-0.2, 0) is 21.2 Å². The van der Waals surface area contributed by atoms with Gasteiger partial charge in [-0.1, -0.05) is 0 Å². The smallest absolute Gasteiger partial charge is 0.224 e. The number of rotatable bonds is 4. The van der Waals surface area contributed by atoms with E-state index >= 15 is 0 Å². The first-order chi connectivity index (χ1) is 10.4. The minimum absolute atomic E-state index is 0.0212. The lowest BCUT2D eigenvalue weighted by molar-refractivity contribution is -0.124. The maximum atomic E-state index is 12.0. The normalized spacial score (nSPS) is 20.1. The second kappa shape index (κ2) is 6.10. The van der Waals surface area contributed by atoms with E-state index in [4.69, 9.17) is 0 Å². The Labute approximate surface area is 137 Å². The van der Waals surface area contributed by atoms with Crippen molar-refractivity contribution in [1.82, 2.24) is 10.3 Å². The van der Waals surface area contributed by atoms with E-state index in [0.717, 1.165) is 20.5 Å². The second-order valence-electron chi connectivity index (χ2n) is 5.34. The highest BCUT2D eigenvalue weighted by atomic mass is 32.2. The highest BCUT2D eigenvalue weighted by Crippen LogP contribution is 2.29. The summed E-state index contributed by atoms with van der Waals surface area (Å²) in [5.41, 5.74) is 0.965. The highest BCUT2D eigenvalue weighted by Gasteiger charge is 2.32. The van der Waals surface area contributed by atoms with Crippen LogP contribution in [-0.4, -0.2) is 30.8 Å². The molecular weight excluding hydrogens is 340 g/mol. The van der Waals surface area contributed by atoms with E-state index in [1.54, 1.807) is 22.7 Å². The van der Waals surface area contributed by atoms with Gasteiger partial charge in [0.05, 0.1) is 39.5 Å². The minimum Gasteiger partial charge on any atom is -0.351 e. The molecule has 3 rings (SSSR count). The molecule has 1 amide bonds. The Morgan fingerprint density at radius 2 is 2.27 bits per heavy atom. The molecule has 2 aromatic heterocycles. The van der Waals surface area contributed by atoms with E-state index in [1.807, 2.05) is 24.4 Å². The number of sulfone groups is 1. The van der Waals surface area contributed by atoms with Crippen molar-refractivity contribution in [2.24, 2.45) is 5.92 Å². The van der Waals surface area contributed by atoms with Crippen LogP contribution in [0.5, 0.6) is 0 Å². The molecule has 1 aliphatic rings. The third kappa shape index (κ3) is 3.56. The van der Waals surface area contributed by atoms with Crippen LogP contribution in [0.3, 0.4) is 0 Å². The number of hydrogen-bond acceptors (Lipinski definition) is 6. The second-order valence-corrected chi connectivity index (χ2v) is 9.79. The molecule has 3 heterocycles. The van der Waals surface area contributed by atoms with Crippen LogP contribution in [0.2, 0.25) is 0 Å². The van der Waals surface area contributed by atoms with Gasteiger partial charge in [0, 0.05) is 10.3 Å². The van der Waals surface area contributed by atoms with Gasteiger partial charge >= 0.3 is 0 Å². The molecule has 0 bridgehead atoms. The third-order valence-electron chi connectivity index (χ3n) is 3.57. The van der Waals surface area contributed by atoms with E-state index in [1.165, 1.54) is 0 Å². The minimum atomic E-state index is -3.02. The lowest BCUT2D eigenvalue weighted by Crippen LogP contribution is -2.30. The monoisotopic (exact) mass is 356 g/mol. The fourth-order valence-corrected chi connectivity index (χ4v) is 5.74. The Hall–Kier alpha value is -1.25. The van der Waals surface area contributed by atoms with Crippen molar-refractivity contribution >= 4 is 38.4 Å². The van der Waals surface area contributed by atoms with Gasteiger partial charge in [0.15, 0.2) is 9.84 Å². The molecule has 0 spiro atoms. The molecule has 2 aromatic rings. The fourth-order valence-electron chi connectivity index (χ4n) is 2.41. The number of amides is 1. The molecule has 0 unspecified atom stereocenters. The number of hydrogen-bond donors (Lipinski definition) is 1. The van der Waals surface area contributed by atoms with Crippen molar-refractivity contribution in [3.63, 3.8) is 0 Å². The molecule has 8 heteroatoms. The zero-order valence-electron chi connectivity index (χ0n) is 12.0. The lowest BCUT2D eigenvalue weighted by atomic mass is 10.1. The van der Waals surface area contributed by atoms with Gasteiger partial charge in [0.25, 0.3) is 0 Å². The van der Waals surface area contributed by atoms with Gasteiger partial charge in [-0.25, -0.2) is 13.4 Å². The summed E-state index contributed by atoms with van der Waals surface area (Å²) >= 11 is 3.21. The number of nitrogens with one attached hydrogen (secondary N) is 1. The van der Waals surface area contributed by atoms with Crippen molar-refractivity contribution in [1.29, 1.82) is 0 Å². The molecule has 5 nitrogen and oxygen atoms in total. The fraction of sp³-hybridized carbons (Fsp3) is 0.429. The Morgan fingerprint density at radius 1 is 1.45 bits per heavy atom. The third-order valence-corrected chi connectivity index (χ3v) is 7.22. The van der Waals surface area contributed by atoms with Gasteiger partial charge in [-0.3, -0.25) is 4.79 Å². The van der Waals surface area contributed by atoms with Crippen LogP contribution in [0, 0.1) is 12.8 Å². The number of carbonyl (C=O) groups excluding carboxylic acids is 1. The summed E-state index contributed by atoms with van der Waals surface area (Å²) in [5, 5.41) is 5.89. The Bertz CT molecular complexity index is 792. The molecule has 1 fully saturated rings. The zero-order valence-corrected chi connectivity index (χ0v) is 14.5. The maximum absolute atomic E-state index is 12.0. The molecule has 22 heavy (non-hydrogen) atoms. The predicted octanol–water partition coefficient (Wildman–Crippen LogP) is 2.23. The van der Waals surface area contributed by atoms with Crippen LogP contribution >= 0.6 is 22.7 Å². The van der Waals surface area contributed by atoms with Crippen molar-refractivity contribution in [2.45, 2.75) is 19.9 Å². The Kier molecular flexibility index (Phi) is 4.33. The van der Waals surface area contributed by atoms with Crippen LogP contribution < -0.4 is 5.32 Å². The molecule has 1 N–H and O–H groups in total. The van der Waals surface area contributed by atoms with Crippen molar-refractivity contribution in [3.05, 3.63) is 27.4 Å². The molecular formula is C14H16N2O3S3. The molecule has 0 saturated carbocycles. The van der Waals surface area contributed by atoms with E-state index < -0.39 is 15.8 Å². The van der Waals surface area contributed by atoms with Crippen LogP contribution in [0.4, 0.5) is 0 Å². The average molecular weight is 356 g/mol. The first-order valence-corrected chi connectivity index (χ1v) is 10.4. The first-order valence-electron chi connectivity index (χ1n) is 6.92. The largest absolute Gasteiger partial charge is 0.351 e. The standard InChI is InChI=1S/C14H16N2O3S3/c1-9-16-12(7-20-9)13-3-2-11(21-13)6-15-14(17)10-4-5-22(18,19)8-10/h2-3,7,10H,4-6,8H2,1H3,(H,15,17)/t10-/m1/s1. The first kappa shape index (κ1) is 15.6. The van der Waals surface area contributed by atoms with E-state index in [0.29, 0.717) is 13.0 Å². The van der Waals surface area contributed by atoms with Crippen molar-refractivity contribution in [3.8, 4) is 10.6 Å². The number of thiazole rings is 1. The lowest BCUT2D eigenvalue weighted by Gasteiger charge is -2.08. The molecule has 1 aliphatic heterocycles. The molecule has 1 saturated heterocycles. The van der Waals surface area contributed by atoms with Crippen LogP contribution in [0.1, 0.15) is 16.3 Å². The molecule has 0 aliphatic carbocycles. The topological polar surface area (TPSA) is 76.1 Å². The quantitative estimate of drug-likeness (QED) is 0.911. The summed E-state index contributed by atoms with van der Waals surface area (Å²) < 4.78 is 22.8. The summed E-state index contributed by atoms with van der Waals surface area (Å²) in [7, 11) is -3.02. The molecule has 118 valence electrons. The van der Waals surface area contributed by atoms with E-state index in [2.05, 4.69) is 10.3 Å². The van der Waals surface area contributed by atoms with Gasteiger partial charge in [-0.15, -0.1) is 22.7 Å². The molecule has 1 atom stereocenters. The SMILES string of the molecule is Cc1nc(-c2ccc(CNC(=O)[C@@H]3CCS(=O)(=O)C3)s2)cs1. The molecule has 0 radical (unpaired) electrons. The van der Waals surface area contributed by atoms with E-state index in [9.17, 15) is 13.2 Å². The van der Waals surface area contributed by atoms with Gasteiger partial charge in [0.1, 0.15) is 0 Å². The van der Waals surface area contributed by atoms with Gasteiger partial charge in [0.2, 0.25) is 5.91 Å². The Morgan fingerprint density at radius 3 is 2.91 bits per heavy atom. The van der Waals surface area contributed by atoms with Gasteiger partial charge in [-0.2, -0.15) is 0 Å². The summed E-state index contributed by atoms with van der Waals surface area (Å²) in [4.78, 5) is 18.6. The van der Waals surface area contributed by atoms with E-state index in [-0.39, 0.29) is 17.4 Å². The number of thiophene rings is 1. The summed E-state index contributed by atoms with van der Waals surface area (Å²) in [5.74, 6) is -0.463. The number of aromatic nitrogens is 1. The average Bonchev–Trinajstić information content (AvgIpc) is 3.15. The highest BCUT2D eigenvalue weighted by molar-refractivity contribution is 7.91. The van der Waals surface area contributed by atoms with Crippen LogP contribution in [0.15, 0.2) is 17.5 Å². The zero-order chi connectivity index (χ0) is 15.7.